The van der Waals surface area contributed by atoms with Crippen LogP contribution in [0.3, 0.4) is 0 Å². The van der Waals surface area contributed by atoms with Gasteiger partial charge in [-0.05, 0) is 49.8 Å². The largest absolute Gasteiger partial charge is 0.399 e. The lowest BCUT2D eigenvalue weighted by Crippen LogP contribution is -2.39. The molecule has 2 rings (SSSR count). The molecule has 1 aliphatic rings. The molecular weight excluding hydrogens is 240 g/mol. The van der Waals surface area contributed by atoms with Crippen LogP contribution in [-0.2, 0) is 11.2 Å². The van der Waals surface area contributed by atoms with Crippen molar-refractivity contribution < 1.29 is 9.90 Å². The zero-order valence-electron chi connectivity index (χ0n) is 11.1. The Labute approximate surface area is 114 Å². The number of carbonyl (C=O) groups is 1. The molecule has 2 unspecified atom stereocenters. The quantitative estimate of drug-likeness (QED) is 0.722. The second kappa shape index (κ2) is 6.57. The summed E-state index contributed by atoms with van der Waals surface area (Å²) in [7, 11) is 0. The first-order valence-corrected chi connectivity index (χ1v) is 6.95. The van der Waals surface area contributed by atoms with Gasteiger partial charge in [-0.25, -0.2) is 0 Å². The summed E-state index contributed by atoms with van der Waals surface area (Å²) in [5.74, 6) is 0.0570. The maximum atomic E-state index is 11.9. The van der Waals surface area contributed by atoms with Crippen molar-refractivity contribution in [2.24, 2.45) is 0 Å². The van der Waals surface area contributed by atoms with Crippen LogP contribution in [0.25, 0.3) is 0 Å². The fraction of sp³-hybridized carbons (Fsp3) is 0.533. The number of hydrogen-bond acceptors (Lipinski definition) is 3. The molecule has 1 aromatic rings. The van der Waals surface area contributed by atoms with E-state index in [2.05, 4.69) is 5.32 Å². The van der Waals surface area contributed by atoms with Crippen LogP contribution in [-0.4, -0.2) is 23.2 Å². The molecule has 0 radical (unpaired) electrons. The standard InChI is InChI=1S/C15H22N2O2/c16-12-4-1-3-11(9-12)7-8-15(19)17-13-5-2-6-14(18)10-13/h1,3-4,9,13-14,18H,2,5-8,10,16H2,(H,17,19). The molecule has 0 heterocycles. The highest BCUT2D eigenvalue weighted by Crippen LogP contribution is 2.18. The van der Waals surface area contributed by atoms with Crippen molar-refractivity contribution in [3.63, 3.8) is 0 Å². The number of amides is 1. The van der Waals surface area contributed by atoms with E-state index in [-0.39, 0.29) is 18.1 Å². The number of nitrogens with two attached hydrogens (primary N) is 1. The zero-order valence-corrected chi connectivity index (χ0v) is 11.1. The first-order valence-electron chi connectivity index (χ1n) is 6.95. The molecule has 1 aliphatic carbocycles. The molecule has 1 saturated carbocycles. The third kappa shape index (κ3) is 4.56. The van der Waals surface area contributed by atoms with Crippen molar-refractivity contribution >= 4 is 11.6 Å². The number of aryl methyl sites for hydroxylation is 1. The van der Waals surface area contributed by atoms with Gasteiger partial charge in [-0.1, -0.05) is 12.1 Å². The number of anilines is 1. The Morgan fingerprint density at radius 2 is 2.26 bits per heavy atom. The molecular formula is C15H22N2O2. The molecule has 1 fully saturated rings. The van der Waals surface area contributed by atoms with E-state index >= 15 is 0 Å². The van der Waals surface area contributed by atoms with Crippen LogP contribution in [0, 0.1) is 0 Å². The summed E-state index contributed by atoms with van der Waals surface area (Å²) in [6, 6.07) is 7.76. The molecule has 104 valence electrons. The maximum absolute atomic E-state index is 11.9. The van der Waals surface area contributed by atoms with Crippen molar-refractivity contribution in [1.82, 2.24) is 5.32 Å². The number of benzene rings is 1. The van der Waals surface area contributed by atoms with Crippen molar-refractivity contribution in [2.75, 3.05) is 5.73 Å². The third-order valence-corrected chi connectivity index (χ3v) is 3.60. The van der Waals surface area contributed by atoms with Crippen LogP contribution >= 0.6 is 0 Å². The van der Waals surface area contributed by atoms with Gasteiger partial charge in [0, 0.05) is 18.2 Å². The van der Waals surface area contributed by atoms with E-state index in [1.807, 2.05) is 24.3 Å². The van der Waals surface area contributed by atoms with E-state index < -0.39 is 0 Å². The van der Waals surface area contributed by atoms with Gasteiger partial charge in [0.15, 0.2) is 0 Å². The molecule has 4 heteroatoms. The predicted molar refractivity (Wildman–Crippen MR) is 75.6 cm³/mol. The first kappa shape index (κ1) is 13.9. The summed E-state index contributed by atoms with van der Waals surface area (Å²) in [6.45, 7) is 0. The van der Waals surface area contributed by atoms with Crippen LogP contribution in [0.4, 0.5) is 5.69 Å². The van der Waals surface area contributed by atoms with Gasteiger partial charge in [0.1, 0.15) is 0 Å². The lowest BCUT2D eigenvalue weighted by molar-refractivity contribution is -0.122. The van der Waals surface area contributed by atoms with Gasteiger partial charge >= 0.3 is 0 Å². The maximum Gasteiger partial charge on any atom is 0.220 e. The number of nitrogen functional groups attached to an aromatic ring is 1. The molecule has 0 saturated heterocycles. The smallest absolute Gasteiger partial charge is 0.220 e. The van der Waals surface area contributed by atoms with Gasteiger partial charge in [0.2, 0.25) is 5.91 Å². The number of nitrogens with one attached hydrogen (secondary N) is 1. The highest BCUT2D eigenvalue weighted by Gasteiger charge is 2.21. The SMILES string of the molecule is Nc1cccc(CCC(=O)NC2CCCC(O)C2)c1. The van der Waals surface area contributed by atoms with Crippen LogP contribution in [0.1, 0.15) is 37.7 Å². The zero-order chi connectivity index (χ0) is 13.7. The van der Waals surface area contributed by atoms with E-state index in [0.717, 1.165) is 30.5 Å². The molecule has 1 aromatic carbocycles. The molecule has 0 spiro atoms. The molecule has 0 aliphatic heterocycles. The molecule has 2 atom stereocenters. The molecule has 0 aromatic heterocycles. The molecule has 4 N–H and O–H groups in total. The van der Waals surface area contributed by atoms with Gasteiger partial charge in [0.25, 0.3) is 0 Å². The summed E-state index contributed by atoms with van der Waals surface area (Å²) >= 11 is 0. The summed E-state index contributed by atoms with van der Waals surface area (Å²) in [5, 5.41) is 12.6. The molecule has 0 bridgehead atoms. The fourth-order valence-electron chi connectivity index (χ4n) is 2.60. The second-order valence-corrected chi connectivity index (χ2v) is 5.33. The Kier molecular flexibility index (Phi) is 4.80. The Morgan fingerprint density at radius 3 is 3.00 bits per heavy atom. The van der Waals surface area contributed by atoms with Crippen molar-refractivity contribution in [3.8, 4) is 0 Å². The molecule has 1 amide bonds. The van der Waals surface area contributed by atoms with E-state index in [4.69, 9.17) is 5.73 Å². The minimum Gasteiger partial charge on any atom is -0.399 e. The highest BCUT2D eigenvalue weighted by atomic mass is 16.3. The van der Waals surface area contributed by atoms with Crippen LogP contribution < -0.4 is 11.1 Å². The minimum absolute atomic E-state index is 0.0570. The molecule has 19 heavy (non-hydrogen) atoms. The summed E-state index contributed by atoms with van der Waals surface area (Å²) in [6.07, 6.45) is 4.41. The van der Waals surface area contributed by atoms with Gasteiger partial charge < -0.3 is 16.2 Å². The van der Waals surface area contributed by atoms with Gasteiger partial charge in [-0.3, -0.25) is 4.79 Å². The van der Waals surface area contributed by atoms with E-state index in [1.54, 1.807) is 0 Å². The lowest BCUT2D eigenvalue weighted by Gasteiger charge is -2.26. The van der Waals surface area contributed by atoms with Gasteiger partial charge in [0.05, 0.1) is 6.10 Å². The average molecular weight is 262 g/mol. The van der Waals surface area contributed by atoms with E-state index in [1.165, 1.54) is 0 Å². The van der Waals surface area contributed by atoms with E-state index in [9.17, 15) is 9.90 Å². The number of hydrogen-bond donors (Lipinski definition) is 3. The van der Waals surface area contributed by atoms with E-state index in [0.29, 0.717) is 19.3 Å². The normalized spacial score (nSPS) is 23.0. The summed E-state index contributed by atoms with van der Waals surface area (Å²) < 4.78 is 0. The minimum atomic E-state index is -0.257. The lowest BCUT2D eigenvalue weighted by atomic mass is 9.93. The Balaban J connectivity index is 1.75. The number of aliphatic hydroxyl groups is 1. The first-order chi connectivity index (χ1) is 9.13. The number of rotatable bonds is 4. The monoisotopic (exact) mass is 262 g/mol. The Morgan fingerprint density at radius 1 is 1.42 bits per heavy atom. The summed E-state index contributed by atoms with van der Waals surface area (Å²) in [5.41, 5.74) is 7.51. The third-order valence-electron chi connectivity index (χ3n) is 3.60. The second-order valence-electron chi connectivity index (χ2n) is 5.33. The van der Waals surface area contributed by atoms with Gasteiger partial charge in [-0.15, -0.1) is 0 Å². The van der Waals surface area contributed by atoms with Crippen molar-refractivity contribution in [2.45, 2.75) is 50.7 Å². The Hall–Kier alpha value is -1.55. The highest BCUT2D eigenvalue weighted by molar-refractivity contribution is 5.76. The molecule has 4 nitrogen and oxygen atoms in total. The van der Waals surface area contributed by atoms with Crippen LogP contribution in [0.2, 0.25) is 0 Å². The van der Waals surface area contributed by atoms with Crippen LogP contribution in [0.15, 0.2) is 24.3 Å². The van der Waals surface area contributed by atoms with Gasteiger partial charge in [-0.2, -0.15) is 0 Å². The topological polar surface area (TPSA) is 75.4 Å². The average Bonchev–Trinajstić information content (AvgIpc) is 2.36. The van der Waals surface area contributed by atoms with Crippen molar-refractivity contribution in [1.29, 1.82) is 0 Å². The van der Waals surface area contributed by atoms with Crippen LogP contribution in [0.5, 0.6) is 0 Å². The Bertz CT molecular complexity index is 434. The number of carbonyl (C=O) groups excluding carboxylic acids is 1. The predicted octanol–water partition coefficient (Wildman–Crippen LogP) is 1.62. The fourth-order valence-corrected chi connectivity index (χ4v) is 2.60. The number of aliphatic hydroxyl groups excluding tert-OH is 1. The van der Waals surface area contributed by atoms with Crippen molar-refractivity contribution in [3.05, 3.63) is 29.8 Å². The summed E-state index contributed by atoms with van der Waals surface area (Å²) in [4.78, 5) is 11.9.